The number of H-pyrrole nitrogens is 2. The van der Waals surface area contributed by atoms with Gasteiger partial charge in [-0.2, -0.15) is 5.10 Å². The van der Waals surface area contributed by atoms with Crippen LogP contribution in [0.4, 0.5) is 5.95 Å². The van der Waals surface area contributed by atoms with Crippen molar-refractivity contribution in [2.75, 3.05) is 5.43 Å². The molecule has 0 aliphatic carbocycles. The van der Waals surface area contributed by atoms with Crippen molar-refractivity contribution in [3.05, 3.63) is 83.9 Å². The summed E-state index contributed by atoms with van der Waals surface area (Å²) in [6, 6.07) is 24.8. The van der Waals surface area contributed by atoms with Crippen LogP contribution in [-0.4, -0.2) is 20.7 Å². The molecule has 5 aromatic rings. The van der Waals surface area contributed by atoms with Gasteiger partial charge in [-0.3, -0.25) is 0 Å². The molecule has 0 radical (unpaired) electrons. The number of hydrogen-bond donors (Lipinski definition) is 3. The highest BCUT2D eigenvalue weighted by Gasteiger charge is 2.15. The summed E-state index contributed by atoms with van der Waals surface area (Å²) in [5, 5.41) is 5.79. The molecule has 0 amide bonds. The second-order valence-electron chi connectivity index (χ2n) is 7.20. The number of aryl methyl sites for hydroxylation is 1. The molecule has 0 fully saturated rings. The lowest BCUT2D eigenvalue weighted by molar-refractivity contribution is 1.20. The fourth-order valence-electron chi connectivity index (χ4n) is 3.71. The summed E-state index contributed by atoms with van der Waals surface area (Å²) in [4.78, 5) is 11.4. The van der Waals surface area contributed by atoms with Gasteiger partial charge in [-0.05, 0) is 43.2 Å². The van der Waals surface area contributed by atoms with Gasteiger partial charge in [-0.1, -0.05) is 54.6 Å². The Balaban J connectivity index is 1.56. The number of aromatic amines is 2. The van der Waals surface area contributed by atoms with Crippen molar-refractivity contribution in [3.8, 4) is 11.3 Å². The van der Waals surface area contributed by atoms with E-state index in [4.69, 9.17) is 0 Å². The molecule has 142 valence electrons. The van der Waals surface area contributed by atoms with E-state index in [0.29, 0.717) is 5.95 Å². The molecule has 2 aromatic heterocycles. The first-order valence-electron chi connectivity index (χ1n) is 9.62. The van der Waals surface area contributed by atoms with E-state index in [0.717, 1.165) is 44.5 Å². The SMILES string of the molecule is C/C(=N\Nc1nc2ccc(C)cc2[nH]1)c1c(-c2ccccc2)[nH]c2ccccc12. The smallest absolute Gasteiger partial charge is 0.222 e. The maximum atomic E-state index is 4.64. The van der Waals surface area contributed by atoms with Gasteiger partial charge in [0.15, 0.2) is 0 Å². The summed E-state index contributed by atoms with van der Waals surface area (Å²) < 4.78 is 0. The molecule has 0 atom stereocenters. The maximum absolute atomic E-state index is 4.64. The molecule has 0 spiro atoms. The number of imidazole rings is 1. The summed E-state index contributed by atoms with van der Waals surface area (Å²) in [7, 11) is 0. The summed E-state index contributed by atoms with van der Waals surface area (Å²) >= 11 is 0. The van der Waals surface area contributed by atoms with Gasteiger partial charge in [-0.15, -0.1) is 0 Å². The number of benzene rings is 3. The Morgan fingerprint density at radius 2 is 1.69 bits per heavy atom. The van der Waals surface area contributed by atoms with Crippen molar-refractivity contribution < 1.29 is 0 Å². The molecule has 29 heavy (non-hydrogen) atoms. The fraction of sp³-hybridized carbons (Fsp3) is 0.0833. The molecule has 0 unspecified atom stereocenters. The van der Waals surface area contributed by atoms with E-state index >= 15 is 0 Å². The summed E-state index contributed by atoms with van der Waals surface area (Å²) in [6.07, 6.45) is 0. The highest BCUT2D eigenvalue weighted by molar-refractivity contribution is 6.14. The van der Waals surface area contributed by atoms with E-state index in [1.54, 1.807) is 0 Å². The van der Waals surface area contributed by atoms with E-state index in [1.165, 1.54) is 5.56 Å². The van der Waals surface area contributed by atoms with Crippen LogP contribution in [0.2, 0.25) is 0 Å². The van der Waals surface area contributed by atoms with Crippen LogP contribution in [0.3, 0.4) is 0 Å². The van der Waals surface area contributed by atoms with Crippen molar-refractivity contribution in [1.82, 2.24) is 15.0 Å². The standard InChI is InChI=1S/C24H21N5/c1-15-12-13-20-21(14-15)27-24(26-20)29-28-16(2)22-18-10-6-7-11-19(18)25-23(22)17-8-4-3-5-9-17/h3-14,25H,1-2H3,(H2,26,27,29)/b28-16+. The third-order valence-corrected chi connectivity index (χ3v) is 5.10. The highest BCUT2D eigenvalue weighted by Crippen LogP contribution is 2.31. The molecule has 0 aliphatic heterocycles. The normalized spacial score (nSPS) is 12.0. The molecule has 0 bridgehead atoms. The van der Waals surface area contributed by atoms with Crippen molar-refractivity contribution in [2.45, 2.75) is 13.8 Å². The average molecular weight is 379 g/mol. The summed E-state index contributed by atoms with van der Waals surface area (Å²) in [5.74, 6) is 0.631. The molecular formula is C24H21N5. The number of nitrogens with one attached hydrogen (secondary N) is 3. The molecule has 5 nitrogen and oxygen atoms in total. The number of hydrazone groups is 1. The Labute approximate surface area is 168 Å². The summed E-state index contributed by atoms with van der Waals surface area (Å²) in [6.45, 7) is 4.08. The lowest BCUT2D eigenvalue weighted by atomic mass is 10.0. The van der Waals surface area contributed by atoms with Crippen molar-refractivity contribution >= 4 is 33.6 Å². The molecule has 5 rings (SSSR count). The first kappa shape index (κ1) is 17.3. The van der Waals surface area contributed by atoms with Gasteiger partial charge >= 0.3 is 0 Å². The van der Waals surface area contributed by atoms with Gasteiger partial charge in [0.2, 0.25) is 5.95 Å². The molecule has 3 aromatic carbocycles. The number of nitrogens with zero attached hydrogens (tertiary/aromatic N) is 2. The largest absolute Gasteiger partial charge is 0.354 e. The van der Waals surface area contributed by atoms with Gasteiger partial charge in [0.05, 0.1) is 22.4 Å². The van der Waals surface area contributed by atoms with E-state index in [9.17, 15) is 0 Å². The number of hydrogen-bond acceptors (Lipinski definition) is 3. The Morgan fingerprint density at radius 1 is 0.897 bits per heavy atom. The van der Waals surface area contributed by atoms with E-state index in [2.05, 4.69) is 74.9 Å². The highest BCUT2D eigenvalue weighted by atomic mass is 15.4. The minimum Gasteiger partial charge on any atom is -0.354 e. The number of rotatable bonds is 4. The first-order chi connectivity index (χ1) is 14.2. The zero-order valence-corrected chi connectivity index (χ0v) is 16.3. The second-order valence-corrected chi connectivity index (χ2v) is 7.20. The van der Waals surface area contributed by atoms with Crippen LogP contribution in [-0.2, 0) is 0 Å². The quantitative estimate of drug-likeness (QED) is 0.270. The van der Waals surface area contributed by atoms with Crippen LogP contribution in [0.5, 0.6) is 0 Å². The molecule has 3 N–H and O–H groups in total. The Morgan fingerprint density at radius 3 is 2.55 bits per heavy atom. The number of fused-ring (bicyclic) bond motifs is 2. The molecule has 2 heterocycles. The van der Waals surface area contributed by atoms with E-state index in [1.807, 2.05) is 37.3 Å². The zero-order chi connectivity index (χ0) is 19.8. The maximum Gasteiger partial charge on any atom is 0.222 e. The topological polar surface area (TPSA) is 68.9 Å². The van der Waals surface area contributed by atoms with Gasteiger partial charge in [0, 0.05) is 16.5 Å². The van der Waals surface area contributed by atoms with Crippen molar-refractivity contribution in [3.63, 3.8) is 0 Å². The molecular weight excluding hydrogens is 358 g/mol. The first-order valence-corrected chi connectivity index (χ1v) is 9.62. The van der Waals surface area contributed by atoms with Crippen LogP contribution in [0, 0.1) is 6.92 Å². The third kappa shape index (κ3) is 3.17. The van der Waals surface area contributed by atoms with E-state index in [-0.39, 0.29) is 0 Å². The monoisotopic (exact) mass is 379 g/mol. The lowest BCUT2D eigenvalue weighted by Gasteiger charge is -2.05. The Hall–Kier alpha value is -3.86. The number of anilines is 1. The van der Waals surface area contributed by atoms with Crippen molar-refractivity contribution in [2.24, 2.45) is 5.10 Å². The molecule has 5 heteroatoms. The number of aromatic nitrogens is 3. The minimum absolute atomic E-state index is 0.631. The van der Waals surface area contributed by atoms with Gasteiger partial charge in [-0.25, -0.2) is 10.4 Å². The predicted octanol–water partition coefficient (Wildman–Crippen LogP) is 5.86. The van der Waals surface area contributed by atoms with Gasteiger partial charge in [0.1, 0.15) is 0 Å². The van der Waals surface area contributed by atoms with Crippen molar-refractivity contribution in [1.29, 1.82) is 0 Å². The van der Waals surface area contributed by atoms with Crippen LogP contribution in [0.25, 0.3) is 33.2 Å². The van der Waals surface area contributed by atoms with Gasteiger partial charge < -0.3 is 9.97 Å². The third-order valence-electron chi connectivity index (χ3n) is 5.10. The zero-order valence-electron chi connectivity index (χ0n) is 16.3. The van der Waals surface area contributed by atoms with Crippen LogP contribution < -0.4 is 5.43 Å². The summed E-state index contributed by atoms with van der Waals surface area (Å²) in [5.41, 5.74) is 11.5. The fourth-order valence-corrected chi connectivity index (χ4v) is 3.71. The molecule has 0 saturated heterocycles. The predicted molar refractivity (Wildman–Crippen MR) is 120 cm³/mol. The van der Waals surface area contributed by atoms with E-state index < -0.39 is 0 Å². The van der Waals surface area contributed by atoms with Crippen LogP contribution in [0.15, 0.2) is 77.9 Å². The van der Waals surface area contributed by atoms with Crippen LogP contribution >= 0.6 is 0 Å². The number of para-hydroxylation sites is 1. The lowest BCUT2D eigenvalue weighted by Crippen LogP contribution is -2.02. The Kier molecular flexibility index (Phi) is 4.13. The van der Waals surface area contributed by atoms with Gasteiger partial charge in [0.25, 0.3) is 0 Å². The minimum atomic E-state index is 0.631. The Bertz CT molecular complexity index is 1340. The second kappa shape index (κ2) is 6.95. The van der Waals surface area contributed by atoms with Crippen LogP contribution in [0.1, 0.15) is 18.1 Å². The molecule has 0 saturated carbocycles. The molecule has 0 aliphatic rings. The average Bonchev–Trinajstić information content (AvgIpc) is 3.33.